The topological polar surface area (TPSA) is 71.2 Å². The number of anilines is 2. The Balaban J connectivity index is 2.41. The van der Waals surface area contributed by atoms with Gasteiger partial charge in [-0.2, -0.15) is 0 Å². The van der Waals surface area contributed by atoms with Crippen LogP contribution in [0.5, 0.6) is 0 Å². The van der Waals surface area contributed by atoms with Crippen molar-refractivity contribution in [2.45, 2.75) is 13.3 Å². The number of aromatic nitrogens is 1. The van der Waals surface area contributed by atoms with Crippen LogP contribution in [0.3, 0.4) is 0 Å². The van der Waals surface area contributed by atoms with Crippen LogP contribution in [0, 0.1) is 5.92 Å². The Kier molecular flexibility index (Phi) is 4.19. The highest BCUT2D eigenvalue weighted by Crippen LogP contribution is 2.13. The van der Waals surface area contributed by atoms with E-state index >= 15 is 0 Å². The summed E-state index contributed by atoms with van der Waals surface area (Å²) in [6.07, 6.45) is 2.50. The number of aliphatic hydroxyl groups excluding tert-OH is 1. The highest BCUT2D eigenvalue weighted by atomic mass is 16.3. The van der Waals surface area contributed by atoms with Crippen molar-refractivity contribution < 1.29 is 5.11 Å². The van der Waals surface area contributed by atoms with Gasteiger partial charge in [-0.05, 0) is 24.5 Å². The molecule has 0 aliphatic heterocycles. The molecule has 78 valence electrons. The number of nitrogens with zero attached hydrogens (tertiary/aromatic N) is 1. The zero-order valence-electron chi connectivity index (χ0n) is 8.40. The van der Waals surface area contributed by atoms with E-state index in [4.69, 9.17) is 10.8 Å². The molecule has 0 aliphatic carbocycles. The minimum absolute atomic E-state index is 0.223. The summed E-state index contributed by atoms with van der Waals surface area (Å²) in [4.78, 5) is 4.11. The van der Waals surface area contributed by atoms with Gasteiger partial charge in [0.15, 0.2) is 0 Å². The van der Waals surface area contributed by atoms with Crippen molar-refractivity contribution in [3.05, 3.63) is 18.3 Å². The molecule has 1 aromatic rings. The van der Waals surface area contributed by atoms with Gasteiger partial charge in [-0.1, -0.05) is 6.92 Å². The quantitative estimate of drug-likeness (QED) is 0.657. The number of nitrogens with two attached hydrogens (primary N) is 1. The molecule has 0 aliphatic rings. The van der Waals surface area contributed by atoms with E-state index in [9.17, 15) is 0 Å². The molecule has 1 aromatic heterocycles. The summed E-state index contributed by atoms with van der Waals surface area (Å²) in [6, 6.07) is 3.61. The van der Waals surface area contributed by atoms with Gasteiger partial charge in [0.2, 0.25) is 0 Å². The van der Waals surface area contributed by atoms with E-state index in [1.165, 1.54) is 0 Å². The first-order valence-electron chi connectivity index (χ1n) is 4.79. The van der Waals surface area contributed by atoms with Gasteiger partial charge >= 0.3 is 0 Å². The number of nitrogen functional groups attached to an aromatic ring is 1. The zero-order valence-corrected chi connectivity index (χ0v) is 8.40. The fourth-order valence-corrected chi connectivity index (χ4v) is 1.16. The monoisotopic (exact) mass is 195 g/mol. The smallest absolute Gasteiger partial charge is 0.149 e. The second-order valence-corrected chi connectivity index (χ2v) is 3.44. The molecule has 4 nitrogen and oxygen atoms in total. The highest BCUT2D eigenvalue weighted by molar-refractivity contribution is 5.60. The van der Waals surface area contributed by atoms with Gasteiger partial charge in [0, 0.05) is 19.3 Å². The number of pyridine rings is 1. The molecule has 0 bridgehead atoms. The van der Waals surface area contributed by atoms with Crippen LogP contribution in [0.25, 0.3) is 0 Å². The third-order valence-corrected chi connectivity index (χ3v) is 2.08. The Morgan fingerprint density at radius 3 is 3.07 bits per heavy atom. The van der Waals surface area contributed by atoms with Crippen LogP contribution in [0.1, 0.15) is 13.3 Å². The van der Waals surface area contributed by atoms with E-state index in [1.807, 2.05) is 6.07 Å². The maximum absolute atomic E-state index is 8.72. The van der Waals surface area contributed by atoms with Crippen LogP contribution >= 0.6 is 0 Å². The van der Waals surface area contributed by atoms with Crippen molar-refractivity contribution in [1.82, 2.24) is 4.98 Å². The van der Waals surface area contributed by atoms with Crippen LogP contribution in [-0.4, -0.2) is 23.2 Å². The van der Waals surface area contributed by atoms with Crippen LogP contribution in [0.2, 0.25) is 0 Å². The summed E-state index contributed by atoms with van der Waals surface area (Å²) in [5.74, 6) is 1.14. The number of hydrogen-bond donors (Lipinski definition) is 3. The van der Waals surface area contributed by atoms with E-state index in [0.717, 1.165) is 18.8 Å². The van der Waals surface area contributed by atoms with E-state index < -0.39 is 0 Å². The minimum Gasteiger partial charge on any atom is -0.396 e. The SMILES string of the molecule is CC(CCO)CNc1ncccc1N. The third-order valence-electron chi connectivity index (χ3n) is 2.08. The molecule has 1 heterocycles. The van der Waals surface area contributed by atoms with E-state index in [-0.39, 0.29) is 6.61 Å². The predicted molar refractivity (Wildman–Crippen MR) is 58.0 cm³/mol. The molecule has 1 rings (SSSR count). The lowest BCUT2D eigenvalue weighted by molar-refractivity contribution is 0.266. The predicted octanol–water partition coefficient (Wildman–Crippen LogP) is 1.09. The zero-order chi connectivity index (χ0) is 10.4. The summed E-state index contributed by atoms with van der Waals surface area (Å²) in [6.45, 7) is 3.07. The maximum atomic E-state index is 8.72. The first kappa shape index (κ1) is 10.8. The number of aliphatic hydroxyl groups is 1. The lowest BCUT2D eigenvalue weighted by Gasteiger charge is -2.12. The molecule has 0 saturated heterocycles. The van der Waals surface area contributed by atoms with Crippen molar-refractivity contribution in [3.8, 4) is 0 Å². The molecule has 0 amide bonds. The number of hydrogen-bond acceptors (Lipinski definition) is 4. The summed E-state index contributed by atoms with van der Waals surface area (Å²) >= 11 is 0. The molecule has 1 unspecified atom stereocenters. The lowest BCUT2D eigenvalue weighted by atomic mass is 10.1. The Bertz CT molecular complexity index is 278. The van der Waals surface area contributed by atoms with E-state index in [0.29, 0.717) is 11.6 Å². The number of nitrogens with one attached hydrogen (secondary N) is 1. The average Bonchev–Trinajstić information content (AvgIpc) is 2.17. The first-order valence-corrected chi connectivity index (χ1v) is 4.79. The Morgan fingerprint density at radius 2 is 2.43 bits per heavy atom. The van der Waals surface area contributed by atoms with Gasteiger partial charge in [-0.15, -0.1) is 0 Å². The Labute approximate surface area is 84.2 Å². The standard InChI is InChI=1S/C10H17N3O/c1-8(4-6-14)7-13-10-9(11)3-2-5-12-10/h2-3,5,8,14H,4,6-7,11H2,1H3,(H,12,13). The van der Waals surface area contributed by atoms with Crippen LogP contribution in [0.15, 0.2) is 18.3 Å². The molecular formula is C10H17N3O. The van der Waals surface area contributed by atoms with Crippen molar-refractivity contribution >= 4 is 11.5 Å². The van der Waals surface area contributed by atoms with Crippen molar-refractivity contribution in [3.63, 3.8) is 0 Å². The van der Waals surface area contributed by atoms with Crippen LogP contribution in [0.4, 0.5) is 11.5 Å². The van der Waals surface area contributed by atoms with Crippen LogP contribution in [-0.2, 0) is 0 Å². The normalized spacial score (nSPS) is 12.4. The lowest BCUT2D eigenvalue weighted by Crippen LogP contribution is -2.14. The largest absolute Gasteiger partial charge is 0.396 e. The molecule has 4 heteroatoms. The van der Waals surface area contributed by atoms with Crippen LogP contribution < -0.4 is 11.1 Å². The Hall–Kier alpha value is -1.29. The molecule has 0 spiro atoms. The molecule has 0 radical (unpaired) electrons. The van der Waals surface area contributed by atoms with E-state index in [2.05, 4.69) is 17.2 Å². The highest BCUT2D eigenvalue weighted by Gasteiger charge is 2.03. The van der Waals surface area contributed by atoms with Crippen molar-refractivity contribution in [2.75, 3.05) is 24.2 Å². The van der Waals surface area contributed by atoms with Gasteiger partial charge < -0.3 is 16.2 Å². The number of rotatable bonds is 5. The second-order valence-electron chi connectivity index (χ2n) is 3.44. The van der Waals surface area contributed by atoms with E-state index in [1.54, 1.807) is 12.3 Å². The van der Waals surface area contributed by atoms with Gasteiger partial charge in [-0.25, -0.2) is 4.98 Å². The van der Waals surface area contributed by atoms with Gasteiger partial charge in [0.25, 0.3) is 0 Å². The third kappa shape index (κ3) is 3.22. The molecule has 0 fully saturated rings. The summed E-state index contributed by atoms with van der Waals surface area (Å²) in [5, 5.41) is 11.9. The van der Waals surface area contributed by atoms with Gasteiger partial charge in [0.1, 0.15) is 5.82 Å². The fourth-order valence-electron chi connectivity index (χ4n) is 1.16. The molecular weight excluding hydrogens is 178 g/mol. The molecule has 0 saturated carbocycles. The van der Waals surface area contributed by atoms with Gasteiger partial charge in [0.05, 0.1) is 5.69 Å². The summed E-state index contributed by atoms with van der Waals surface area (Å²) < 4.78 is 0. The van der Waals surface area contributed by atoms with Gasteiger partial charge in [-0.3, -0.25) is 0 Å². The molecule has 1 atom stereocenters. The summed E-state index contributed by atoms with van der Waals surface area (Å²) in [7, 11) is 0. The second kappa shape index (κ2) is 5.44. The molecule has 0 aromatic carbocycles. The Morgan fingerprint density at radius 1 is 1.64 bits per heavy atom. The van der Waals surface area contributed by atoms with Crippen molar-refractivity contribution in [1.29, 1.82) is 0 Å². The molecule has 14 heavy (non-hydrogen) atoms. The average molecular weight is 195 g/mol. The minimum atomic E-state index is 0.223. The molecule has 4 N–H and O–H groups in total. The fraction of sp³-hybridized carbons (Fsp3) is 0.500. The summed E-state index contributed by atoms with van der Waals surface area (Å²) in [5.41, 5.74) is 6.36. The van der Waals surface area contributed by atoms with Crippen molar-refractivity contribution in [2.24, 2.45) is 5.92 Å². The maximum Gasteiger partial charge on any atom is 0.149 e. The first-order chi connectivity index (χ1) is 6.74.